The highest BCUT2D eigenvalue weighted by Gasteiger charge is 2.21. The predicted molar refractivity (Wildman–Crippen MR) is 92.9 cm³/mol. The summed E-state index contributed by atoms with van der Waals surface area (Å²) in [5.41, 5.74) is 0.176. The van der Waals surface area contributed by atoms with Gasteiger partial charge in [-0.1, -0.05) is 11.6 Å². The van der Waals surface area contributed by atoms with Crippen LogP contribution in [-0.2, 0) is 11.3 Å². The first kappa shape index (κ1) is 19.9. The van der Waals surface area contributed by atoms with E-state index in [2.05, 4.69) is 15.5 Å². The van der Waals surface area contributed by atoms with E-state index < -0.39 is 47.3 Å². The van der Waals surface area contributed by atoms with Gasteiger partial charge >= 0.3 is 0 Å². The number of carbonyl (C=O) groups excluding carboxylic acids is 1. The standard InChI is InChI=1S/C17H14ClF4N5O/c1-8-12(18)5-24-27(8)9(2)17(28)25-10-4-23-26(6-10)7-11-13(19)3-14(20)16(22)15(11)21/h3-6,9H,7H2,1-2H3,(H,25,28). The molecule has 3 aromatic rings. The van der Waals surface area contributed by atoms with Gasteiger partial charge in [0.15, 0.2) is 17.5 Å². The average Bonchev–Trinajstić information content (AvgIpc) is 3.23. The van der Waals surface area contributed by atoms with E-state index in [4.69, 9.17) is 11.6 Å². The van der Waals surface area contributed by atoms with Crippen molar-refractivity contribution in [2.75, 3.05) is 5.32 Å². The number of hydrogen-bond acceptors (Lipinski definition) is 3. The Kier molecular flexibility index (Phi) is 5.41. The summed E-state index contributed by atoms with van der Waals surface area (Å²) in [5, 5.41) is 10.9. The first-order valence-electron chi connectivity index (χ1n) is 8.03. The lowest BCUT2D eigenvalue weighted by Crippen LogP contribution is -2.25. The van der Waals surface area contributed by atoms with E-state index in [-0.39, 0.29) is 11.8 Å². The summed E-state index contributed by atoms with van der Waals surface area (Å²) in [6, 6.07) is -0.420. The van der Waals surface area contributed by atoms with Gasteiger partial charge in [-0.25, -0.2) is 17.6 Å². The fraction of sp³-hybridized carbons (Fsp3) is 0.235. The summed E-state index contributed by atoms with van der Waals surface area (Å²) < 4.78 is 56.4. The zero-order valence-corrected chi connectivity index (χ0v) is 15.4. The van der Waals surface area contributed by atoms with Crippen LogP contribution in [0.1, 0.15) is 24.2 Å². The smallest absolute Gasteiger partial charge is 0.249 e. The molecule has 1 aromatic carbocycles. The van der Waals surface area contributed by atoms with Crippen LogP contribution in [-0.4, -0.2) is 25.5 Å². The molecule has 11 heteroatoms. The number of hydrogen-bond donors (Lipinski definition) is 1. The highest BCUT2D eigenvalue weighted by atomic mass is 35.5. The third-order valence-corrected chi connectivity index (χ3v) is 4.53. The lowest BCUT2D eigenvalue weighted by molar-refractivity contribution is -0.119. The maximum absolute atomic E-state index is 13.8. The van der Waals surface area contributed by atoms with Gasteiger partial charge in [0.2, 0.25) is 5.91 Å². The second-order valence-electron chi connectivity index (χ2n) is 6.06. The SMILES string of the molecule is Cc1c(Cl)cnn1C(C)C(=O)Nc1cnn(Cc2c(F)cc(F)c(F)c2F)c1. The van der Waals surface area contributed by atoms with Crippen LogP contribution < -0.4 is 5.32 Å². The molecule has 0 bridgehead atoms. The Morgan fingerprint density at radius 1 is 1.18 bits per heavy atom. The molecule has 2 heterocycles. The number of amides is 1. The van der Waals surface area contributed by atoms with Gasteiger partial charge in [-0.3, -0.25) is 14.2 Å². The van der Waals surface area contributed by atoms with Crippen LogP contribution in [0.25, 0.3) is 0 Å². The minimum Gasteiger partial charge on any atom is -0.322 e. The third kappa shape index (κ3) is 3.72. The van der Waals surface area contributed by atoms with Gasteiger partial charge < -0.3 is 5.32 Å². The number of halogens is 5. The maximum atomic E-state index is 13.8. The zero-order chi connectivity index (χ0) is 20.6. The number of carbonyl (C=O) groups is 1. The summed E-state index contributed by atoms with van der Waals surface area (Å²) >= 11 is 5.93. The van der Waals surface area contributed by atoms with Gasteiger partial charge in [-0.15, -0.1) is 0 Å². The molecule has 28 heavy (non-hydrogen) atoms. The lowest BCUT2D eigenvalue weighted by Gasteiger charge is -2.13. The number of benzene rings is 1. The molecule has 6 nitrogen and oxygen atoms in total. The molecule has 0 aliphatic rings. The largest absolute Gasteiger partial charge is 0.322 e. The van der Waals surface area contributed by atoms with E-state index in [9.17, 15) is 22.4 Å². The number of nitrogens with one attached hydrogen (secondary N) is 1. The molecule has 148 valence electrons. The zero-order valence-electron chi connectivity index (χ0n) is 14.7. The van der Waals surface area contributed by atoms with Crippen LogP contribution in [0.5, 0.6) is 0 Å². The van der Waals surface area contributed by atoms with E-state index in [1.807, 2.05) is 0 Å². The summed E-state index contributed by atoms with van der Waals surface area (Å²) in [6.45, 7) is 2.83. The van der Waals surface area contributed by atoms with E-state index in [1.165, 1.54) is 23.3 Å². The molecular weight excluding hydrogens is 402 g/mol. The molecule has 2 aromatic heterocycles. The Morgan fingerprint density at radius 2 is 1.89 bits per heavy atom. The highest BCUT2D eigenvalue weighted by Crippen LogP contribution is 2.21. The average molecular weight is 416 g/mol. The van der Waals surface area contributed by atoms with Gasteiger partial charge in [-0.2, -0.15) is 10.2 Å². The van der Waals surface area contributed by atoms with Crippen LogP contribution in [0.2, 0.25) is 5.02 Å². The molecule has 0 radical (unpaired) electrons. The molecule has 3 rings (SSSR count). The predicted octanol–water partition coefficient (Wildman–Crippen LogP) is 3.85. The molecule has 1 amide bonds. The van der Waals surface area contributed by atoms with Gasteiger partial charge in [0.05, 0.1) is 35.3 Å². The molecule has 1 atom stereocenters. The lowest BCUT2D eigenvalue weighted by atomic mass is 10.2. The van der Waals surface area contributed by atoms with Crippen molar-refractivity contribution in [1.82, 2.24) is 19.6 Å². The molecule has 1 unspecified atom stereocenters. The Bertz CT molecular complexity index is 1050. The number of rotatable bonds is 5. The van der Waals surface area contributed by atoms with E-state index in [0.29, 0.717) is 10.7 Å². The molecule has 0 fully saturated rings. The first-order chi connectivity index (χ1) is 13.2. The number of aromatic nitrogens is 4. The van der Waals surface area contributed by atoms with Crippen molar-refractivity contribution < 1.29 is 22.4 Å². The quantitative estimate of drug-likeness (QED) is 0.391. The number of nitrogens with zero attached hydrogens (tertiary/aromatic N) is 4. The Balaban J connectivity index is 1.74. The maximum Gasteiger partial charge on any atom is 0.249 e. The van der Waals surface area contributed by atoms with Crippen LogP contribution in [0, 0.1) is 30.2 Å². The summed E-state index contributed by atoms with van der Waals surface area (Å²) in [7, 11) is 0. The van der Waals surface area contributed by atoms with Crippen molar-refractivity contribution in [3.63, 3.8) is 0 Å². The van der Waals surface area contributed by atoms with Gasteiger partial charge in [0.1, 0.15) is 11.9 Å². The molecular formula is C17H14ClF4N5O. The van der Waals surface area contributed by atoms with E-state index in [1.54, 1.807) is 13.8 Å². The molecule has 0 saturated carbocycles. The molecule has 0 aliphatic heterocycles. The summed E-state index contributed by atoms with van der Waals surface area (Å²) in [4.78, 5) is 12.4. The minimum absolute atomic E-state index is 0.246. The fourth-order valence-electron chi connectivity index (χ4n) is 2.58. The molecule has 0 saturated heterocycles. The Morgan fingerprint density at radius 3 is 2.54 bits per heavy atom. The van der Waals surface area contributed by atoms with Gasteiger partial charge in [0, 0.05) is 17.8 Å². The monoisotopic (exact) mass is 415 g/mol. The van der Waals surface area contributed by atoms with Crippen LogP contribution in [0.3, 0.4) is 0 Å². The van der Waals surface area contributed by atoms with Crippen molar-refractivity contribution in [3.8, 4) is 0 Å². The van der Waals surface area contributed by atoms with Gasteiger partial charge in [-0.05, 0) is 13.8 Å². The fourth-order valence-corrected chi connectivity index (χ4v) is 2.71. The normalized spacial score (nSPS) is 12.2. The molecule has 0 spiro atoms. The number of anilines is 1. The molecule has 1 N–H and O–H groups in total. The summed E-state index contributed by atoms with van der Waals surface area (Å²) in [6.07, 6.45) is 3.97. The van der Waals surface area contributed by atoms with Crippen molar-refractivity contribution >= 4 is 23.2 Å². The highest BCUT2D eigenvalue weighted by molar-refractivity contribution is 6.31. The Labute approximate surface area is 161 Å². The van der Waals surface area contributed by atoms with Crippen LogP contribution >= 0.6 is 11.6 Å². The van der Waals surface area contributed by atoms with Gasteiger partial charge in [0.25, 0.3) is 0 Å². The first-order valence-corrected chi connectivity index (χ1v) is 8.41. The van der Waals surface area contributed by atoms with Crippen molar-refractivity contribution in [1.29, 1.82) is 0 Å². The van der Waals surface area contributed by atoms with Crippen molar-refractivity contribution in [3.05, 3.63) is 64.2 Å². The van der Waals surface area contributed by atoms with Crippen LogP contribution in [0.15, 0.2) is 24.7 Å². The topological polar surface area (TPSA) is 64.7 Å². The second-order valence-corrected chi connectivity index (χ2v) is 6.47. The van der Waals surface area contributed by atoms with Crippen LogP contribution in [0.4, 0.5) is 23.2 Å². The third-order valence-electron chi connectivity index (χ3n) is 4.16. The van der Waals surface area contributed by atoms with Crippen molar-refractivity contribution in [2.24, 2.45) is 0 Å². The Hall–Kier alpha value is -2.88. The second kappa shape index (κ2) is 7.63. The van der Waals surface area contributed by atoms with Crippen molar-refractivity contribution in [2.45, 2.75) is 26.4 Å². The summed E-state index contributed by atoms with van der Waals surface area (Å²) in [5.74, 6) is -6.67. The van der Waals surface area contributed by atoms with E-state index in [0.717, 1.165) is 4.68 Å². The minimum atomic E-state index is -1.76. The van der Waals surface area contributed by atoms with E-state index >= 15 is 0 Å². The molecule has 0 aliphatic carbocycles.